The van der Waals surface area contributed by atoms with Crippen molar-refractivity contribution in [1.29, 1.82) is 0 Å². The van der Waals surface area contributed by atoms with Crippen molar-refractivity contribution in [2.24, 2.45) is 0 Å². The van der Waals surface area contributed by atoms with Crippen LogP contribution in [0.15, 0.2) is 35.1 Å². The van der Waals surface area contributed by atoms with Crippen LogP contribution in [0.25, 0.3) is 0 Å². The van der Waals surface area contributed by atoms with Crippen molar-refractivity contribution in [3.8, 4) is 0 Å². The number of hydrogen-bond donors (Lipinski definition) is 1. The molecule has 6 heteroatoms. The number of carbonyl (C=O) groups excluding carboxylic acids is 1. The number of amides is 1. The molecule has 1 amide bonds. The molecule has 21 heavy (non-hydrogen) atoms. The van der Waals surface area contributed by atoms with Gasteiger partial charge in [-0.25, -0.2) is 0 Å². The summed E-state index contributed by atoms with van der Waals surface area (Å²) in [7, 11) is 0. The Kier molecular flexibility index (Phi) is 3.85. The van der Waals surface area contributed by atoms with E-state index in [-0.39, 0.29) is 5.91 Å². The summed E-state index contributed by atoms with van der Waals surface area (Å²) in [6.07, 6.45) is 4.99. The first-order valence-corrected chi connectivity index (χ1v) is 7.11. The zero-order chi connectivity index (χ0) is 14.7. The van der Waals surface area contributed by atoms with E-state index in [2.05, 4.69) is 15.5 Å². The predicted octanol–water partition coefficient (Wildman–Crippen LogP) is 2.09. The Morgan fingerprint density at radius 1 is 1.38 bits per heavy atom. The fraction of sp³-hybridized carbons (Fsp3) is 0.400. The number of furan rings is 1. The van der Waals surface area contributed by atoms with Gasteiger partial charge in [0.05, 0.1) is 6.26 Å². The minimum Gasteiger partial charge on any atom is -0.459 e. The summed E-state index contributed by atoms with van der Waals surface area (Å²) < 4.78 is 5.28. The molecule has 0 bridgehead atoms. The van der Waals surface area contributed by atoms with Crippen molar-refractivity contribution in [2.75, 3.05) is 18.4 Å². The Morgan fingerprint density at radius 2 is 2.19 bits per heavy atom. The van der Waals surface area contributed by atoms with Crippen LogP contribution in [0.3, 0.4) is 0 Å². The molecule has 1 aliphatic heterocycles. The zero-order valence-corrected chi connectivity index (χ0v) is 12.0. The van der Waals surface area contributed by atoms with Gasteiger partial charge in [0.1, 0.15) is 5.82 Å². The normalized spacial score (nSPS) is 16.0. The molecule has 0 aliphatic carbocycles. The number of rotatable bonds is 3. The SMILES string of the molecule is Cc1ccoc1C(=O)N1CCC(Nc2cccnn2)CC1. The van der Waals surface area contributed by atoms with E-state index >= 15 is 0 Å². The monoisotopic (exact) mass is 286 g/mol. The van der Waals surface area contributed by atoms with Gasteiger partial charge in [-0.05, 0) is 38.0 Å². The highest BCUT2D eigenvalue weighted by Gasteiger charge is 2.26. The Balaban J connectivity index is 1.56. The number of hydrogen-bond acceptors (Lipinski definition) is 5. The van der Waals surface area contributed by atoms with E-state index in [1.165, 1.54) is 0 Å². The largest absolute Gasteiger partial charge is 0.459 e. The highest BCUT2D eigenvalue weighted by Crippen LogP contribution is 2.18. The predicted molar refractivity (Wildman–Crippen MR) is 78.0 cm³/mol. The second-order valence-electron chi connectivity index (χ2n) is 5.25. The van der Waals surface area contributed by atoms with E-state index in [1.807, 2.05) is 30.0 Å². The smallest absolute Gasteiger partial charge is 0.289 e. The lowest BCUT2D eigenvalue weighted by atomic mass is 10.0. The van der Waals surface area contributed by atoms with Crippen LogP contribution in [0.1, 0.15) is 29.0 Å². The van der Waals surface area contributed by atoms with Crippen molar-refractivity contribution in [3.63, 3.8) is 0 Å². The van der Waals surface area contributed by atoms with Crippen molar-refractivity contribution >= 4 is 11.7 Å². The second-order valence-corrected chi connectivity index (χ2v) is 5.25. The summed E-state index contributed by atoms with van der Waals surface area (Å²) in [5.74, 6) is 1.22. The van der Waals surface area contributed by atoms with Crippen LogP contribution in [0.5, 0.6) is 0 Å². The van der Waals surface area contributed by atoms with Gasteiger partial charge in [0.15, 0.2) is 5.76 Å². The summed E-state index contributed by atoms with van der Waals surface area (Å²) in [6.45, 7) is 3.33. The fourth-order valence-electron chi connectivity index (χ4n) is 2.55. The summed E-state index contributed by atoms with van der Waals surface area (Å²) in [5.41, 5.74) is 0.889. The van der Waals surface area contributed by atoms with Gasteiger partial charge in [-0.2, -0.15) is 5.10 Å². The van der Waals surface area contributed by atoms with E-state index < -0.39 is 0 Å². The van der Waals surface area contributed by atoms with Crippen LogP contribution in [0.2, 0.25) is 0 Å². The average molecular weight is 286 g/mol. The van der Waals surface area contributed by atoms with Crippen LogP contribution in [-0.4, -0.2) is 40.1 Å². The average Bonchev–Trinajstić information content (AvgIpc) is 2.94. The minimum atomic E-state index is -0.0181. The van der Waals surface area contributed by atoms with Gasteiger partial charge in [-0.1, -0.05) is 0 Å². The standard InChI is InChI=1S/C15H18N4O2/c1-11-6-10-21-14(11)15(20)19-8-4-12(5-9-19)17-13-3-2-7-16-18-13/h2-3,6-7,10,12H,4-5,8-9H2,1H3,(H,17,18). The molecule has 0 spiro atoms. The molecule has 3 heterocycles. The van der Waals surface area contributed by atoms with Crippen molar-refractivity contribution in [3.05, 3.63) is 42.0 Å². The first-order chi connectivity index (χ1) is 10.2. The third-order valence-corrected chi connectivity index (χ3v) is 3.76. The lowest BCUT2D eigenvalue weighted by Gasteiger charge is -2.32. The molecule has 0 saturated carbocycles. The number of likely N-dealkylation sites (tertiary alicyclic amines) is 1. The molecule has 6 nitrogen and oxygen atoms in total. The number of nitrogens with one attached hydrogen (secondary N) is 1. The summed E-state index contributed by atoms with van der Waals surface area (Å²) in [5, 5.41) is 11.2. The van der Waals surface area contributed by atoms with Crippen LogP contribution < -0.4 is 5.32 Å². The lowest BCUT2D eigenvalue weighted by molar-refractivity contribution is 0.0685. The van der Waals surface area contributed by atoms with Gasteiger partial charge in [0.25, 0.3) is 5.91 Å². The third-order valence-electron chi connectivity index (χ3n) is 3.76. The topological polar surface area (TPSA) is 71.3 Å². The van der Waals surface area contributed by atoms with Gasteiger partial charge >= 0.3 is 0 Å². The maximum atomic E-state index is 12.3. The highest BCUT2D eigenvalue weighted by molar-refractivity contribution is 5.92. The van der Waals surface area contributed by atoms with Crippen LogP contribution in [-0.2, 0) is 0 Å². The van der Waals surface area contributed by atoms with E-state index in [4.69, 9.17) is 4.42 Å². The Morgan fingerprint density at radius 3 is 2.81 bits per heavy atom. The van der Waals surface area contributed by atoms with Crippen LogP contribution in [0.4, 0.5) is 5.82 Å². The molecule has 1 aliphatic rings. The number of nitrogens with zero attached hydrogens (tertiary/aromatic N) is 3. The van der Waals surface area contributed by atoms with Gasteiger partial charge in [0.2, 0.25) is 0 Å². The number of piperidine rings is 1. The fourth-order valence-corrected chi connectivity index (χ4v) is 2.55. The summed E-state index contributed by atoms with van der Waals surface area (Å²) in [6, 6.07) is 5.89. The molecule has 1 fully saturated rings. The Labute approximate surface area is 123 Å². The first-order valence-electron chi connectivity index (χ1n) is 7.11. The number of carbonyl (C=O) groups is 1. The second kappa shape index (κ2) is 5.95. The molecule has 3 rings (SSSR count). The van der Waals surface area contributed by atoms with E-state index in [0.717, 1.165) is 37.3 Å². The minimum absolute atomic E-state index is 0.0181. The Hall–Kier alpha value is -2.37. The molecule has 0 atom stereocenters. The molecular formula is C15H18N4O2. The van der Waals surface area contributed by atoms with Crippen LogP contribution in [0, 0.1) is 6.92 Å². The first kappa shape index (κ1) is 13.6. The zero-order valence-electron chi connectivity index (χ0n) is 12.0. The summed E-state index contributed by atoms with van der Waals surface area (Å²) in [4.78, 5) is 14.2. The maximum Gasteiger partial charge on any atom is 0.289 e. The molecule has 0 radical (unpaired) electrons. The molecule has 1 saturated heterocycles. The molecule has 0 unspecified atom stereocenters. The van der Waals surface area contributed by atoms with Gasteiger partial charge in [-0.15, -0.1) is 5.10 Å². The van der Waals surface area contributed by atoms with Gasteiger partial charge in [0, 0.05) is 30.9 Å². The lowest BCUT2D eigenvalue weighted by Crippen LogP contribution is -2.42. The van der Waals surface area contributed by atoms with Gasteiger partial charge in [-0.3, -0.25) is 4.79 Å². The molecule has 2 aromatic rings. The third kappa shape index (κ3) is 3.04. The number of aryl methyl sites for hydroxylation is 1. The Bertz CT molecular complexity index is 603. The number of anilines is 1. The highest BCUT2D eigenvalue weighted by atomic mass is 16.3. The molecule has 110 valence electrons. The van der Waals surface area contributed by atoms with Crippen molar-refractivity contribution in [2.45, 2.75) is 25.8 Å². The molecule has 1 N–H and O–H groups in total. The van der Waals surface area contributed by atoms with E-state index in [1.54, 1.807) is 12.5 Å². The van der Waals surface area contributed by atoms with Crippen molar-refractivity contribution < 1.29 is 9.21 Å². The number of aromatic nitrogens is 2. The van der Waals surface area contributed by atoms with E-state index in [0.29, 0.717) is 11.8 Å². The van der Waals surface area contributed by atoms with Crippen molar-refractivity contribution in [1.82, 2.24) is 15.1 Å². The molecular weight excluding hydrogens is 268 g/mol. The molecule has 2 aromatic heterocycles. The van der Waals surface area contributed by atoms with Crippen LogP contribution >= 0.6 is 0 Å². The van der Waals surface area contributed by atoms with E-state index in [9.17, 15) is 4.79 Å². The quantitative estimate of drug-likeness (QED) is 0.935. The van der Waals surface area contributed by atoms with Gasteiger partial charge < -0.3 is 14.6 Å². The molecule has 0 aromatic carbocycles. The summed E-state index contributed by atoms with van der Waals surface area (Å²) >= 11 is 0. The maximum absolute atomic E-state index is 12.3.